The second-order valence-electron chi connectivity index (χ2n) is 4.71. The standard InChI is InChI=1S/C13H25N3/c1-2-3-10-16(11-5-4-8-14)12-13-7-6-9-15-13/h13,15H,2-7,9-12H2,1H3. The highest BCUT2D eigenvalue weighted by Gasteiger charge is 2.17. The van der Waals surface area contributed by atoms with Crippen molar-refractivity contribution in [1.29, 1.82) is 5.26 Å². The van der Waals surface area contributed by atoms with Gasteiger partial charge in [-0.2, -0.15) is 5.26 Å². The summed E-state index contributed by atoms with van der Waals surface area (Å²) in [6.45, 7) is 6.88. The van der Waals surface area contributed by atoms with Crippen molar-refractivity contribution >= 4 is 0 Å². The van der Waals surface area contributed by atoms with Crippen molar-refractivity contribution in [2.45, 2.75) is 51.5 Å². The molecule has 1 fully saturated rings. The van der Waals surface area contributed by atoms with E-state index in [2.05, 4.69) is 23.2 Å². The summed E-state index contributed by atoms with van der Waals surface area (Å²) in [6.07, 6.45) is 6.89. The van der Waals surface area contributed by atoms with Crippen molar-refractivity contribution in [1.82, 2.24) is 10.2 Å². The molecule has 3 nitrogen and oxygen atoms in total. The van der Waals surface area contributed by atoms with E-state index in [-0.39, 0.29) is 0 Å². The van der Waals surface area contributed by atoms with Gasteiger partial charge < -0.3 is 10.2 Å². The van der Waals surface area contributed by atoms with Crippen molar-refractivity contribution in [2.24, 2.45) is 0 Å². The lowest BCUT2D eigenvalue weighted by Gasteiger charge is -2.25. The Morgan fingerprint density at radius 3 is 2.81 bits per heavy atom. The average Bonchev–Trinajstić information content (AvgIpc) is 2.78. The van der Waals surface area contributed by atoms with E-state index in [1.807, 2.05) is 0 Å². The summed E-state index contributed by atoms with van der Waals surface area (Å²) < 4.78 is 0. The van der Waals surface area contributed by atoms with Gasteiger partial charge in [0.2, 0.25) is 0 Å². The Balaban J connectivity index is 2.21. The van der Waals surface area contributed by atoms with Crippen LogP contribution >= 0.6 is 0 Å². The maximum atomic E-state index is 8.56. The zero-order valence-electron chi connectivity index (χ0n) is 10.5. The number of rotatable bonds is 8. The Morgan fingerprint density at radius 1 is 1.38 bits per heavy atom. The van der Waals surface area contributed by atoms with Crippen molar-refractivity contribution < 1.29 is 0 Å². The van der Waals surface area contributed by atoms with Gasteiger partial charge in [-0.15, -0.1) is 0 Å². The van der Waals surface area contributed by atoms with Crippen LogP contribution in [0.25, 0.3) is 0 Å². The Hall–Kier alpha value is -0.590. The SMILES string of the molecule is CCCCN(CCCC#N)CC1CCCN1. The molecule has 1 rings (SSSR count). The molecule has 1 aliphatic heterocycles. The third-order valence-electron chi connectivity index (χ3n) is 3.23. The van der Waals surface area contributed by atoms with E-state index in [4.69, 9.17) is 5.26 Å². The molecule has 0 aromatic rings. The van der Waals surface area contributed by atoms with E-state index in [0.717, 1.165) is 13.0 Å². The second-order valence-corrected chi connectivity index (χ2v) is 4.71. The minimum atomic E-state index is 0.693. The van der Waals surface area contributed by atoms with Crippen molar-refractivity contribution in [3.8, 4) is 6.07 Å². The molecule has 1 saturated heterocycles. The fraction of sp³-hybridized carbons (Fsp3) is 0.923. The van der Waals surface area contributed by atoms with E-state index < -0.39 is 0 Å². The monoisotopic (exact) mass is 223 g/mol. The molecule has 0 aromatic heterocycles. The first-order valence-corrected chi connectivity index (χ1v) is 6.69. The van der Waals surface area contributed by atoms with Gasteiger partial charge in [0.05, 0.1) is 6.07 Å². The molecule has 0 spiro atoms. The average molecular weight is 223 g/mol. The van der Waals surface area contributed by atoms with Crippen molar-refractivity contribution in [2.75, 3.05) is 26.2 Å². The van der Waals surface area contributed by atoms with Crippen LogP contribution in [0.1, 0.15) is 45.4 Å². The van der Waals surface area contributed by atoms with Crippen LogP contribution in [0.15, 0.2) is 0 Å². The fourth-order valence-electron chi connectivity index (χ4n) is 2.28. The predicted octanol–water partition coefficient (Wildman–Crippen LogP) is 2.14. The maximum absolute atomic E-state index is 8.56. The molecule has 1 aliphatic rings. The molecule has 3 heteroatoms. The Kier molecular flexibility index (Phi) is 7.20. The molecule has 1 atom stereocenters. The lowest BCUT2D eigenvalue weighted by molar-refractivity contribution is 0.244. The molecule has 16 heavy (non-hydrogen) atoms. The van der Waals surface area contributed by atoms with Gasteiger partial charge in [-0.05, 0) is 45.3 Å². The van der Waals surface area contributed by atoms with E-state index >= 15 is 0 Å². The van der Waals surface area contributed by atoms with E-state index in [1.54, 1.807) is 0 Å². The molecule has 92 valence electrons. The van der Waals surface area contributed by atoms with Gasteiger partial charge >= 0.3 is 0 Å². The first-order valence-electron chi connectivity index (χ1n) is 6.69. The normalized spacial score (nSPS) is 20.2. The summed E-state index contributed by atoms with van der Waals surface area (Å²) >= 11 is 0. The zero-order chi connectivity index (χ0) is 11.6. The third kappa shape index (κ3) is 5.48. The first-order chi connectivity index (χ1) is 7.86. The molecule has 0 aromatic carbocycles. The highest BCUT2D eigenvalue weighted by molar-refractivity contribution is 4.78. The molecular weight excluding hydrogens is 198 g/mol. The third-order valence-corrected chi connectivity index (χ3v) is 3.23. The van der Waals surface area contributed by atoms with Crippen LogP contribution in [0.4, 0.5) is 0 Å². The molecular formula is C13H25N3. The minimum Gasteiger partial charge on any atom is -0.313 e. The van der Waals surface area contributed by atoms with Crippen LogP contribution in [-0.4, -0.2) is 37.1 Å². The molecule has 0 bridgehead atoms. The number of nitrogens with one attached hydrogen (secondary N) is 1. The molecule has 0 radical (unpaired) electrons. The van der Waals surface area contributed by atoms with E-state index in [0.29, 0.717) is 12.5 Å². The molecule has 0 saturated carbocycles. The number of nitrogens with zero attached hydrogens (tertiary/aromatic N) is 2. The summed E-state index contributed by atoms with van der Waals surface area (Å²) in [5.74, 6) is 0. The fourth-order valence-corrected chi connectivity index (χ4v) is 2.28. The number of unbranched alkanes of at least 4 members (excludes halogenated alkanes) is 2. The maximum Gasteiger partial charge on any atom is 0.0622 e. The lowest BCUT2D eigenvalue weighted by Crippen LogP contribution is -2.38. The number of nitriles is 1. The summed E-state index contributed by atoms with van der Waals surface area (Å²) in [4.78, 5) is 2.53. The molecule has 0 amide bonds. The van der Waals surface area contributed by atoms with Crippen LogP contribution in [0.5, 0.6) is 0 Å². The van der Waals surface area contributed by atoms with Crippen molar-refractivity contribution in [3.05, 3.63) is 0 Å². The number of hydrogen-bond donors (Lipinski definition) is 1. The van der Waals surface area contributed by atoms with Gasteiger partial charge in [-0.1, -0.05) is 13.3 Å². The first kappa shape index (κ1) is 13.5. The minimum absolute atomic E-state index is 0.693. The van der Waals surface area contributed by atoms with Crippen LogP contribution < -0.4 is 5.32 Å². The Bertz CT molecular complexity index is 204. The van der Waals surface area contributed by atoms with Crippen LogP contribution in [0.3, 0.4) is 0 Å². The summed E-state index contributed by atoms with van der Waals surface area (Å²) in [7, 11) is 0. The predicted molar refractivity (Wildman–Crippen MR) is 67.2 cm³/mol. The summed E-state index contributed by atoms with van der Waals surface area (Å²) in [6, 6.07) is 2.92. The van der Waals surface area contributed by atoms with Crippen LogP contribution in [0, 0.1) is 11.3 Å². The highest BCUT2D eigenvalue weighted by atomic mass is 15.1. The van der Waals surface area contributed by atoms with Crippen LogP contribution in [0.2, 0.25) is 0 Å². The topological polar surface area (TPSA) is 39.1 Å². The molecule has 0 aliphatic carbocycles. The largest absolute Gasteiger partial charge is 0.313 e. The van der Waals surface area contributed by atoms with Crippen molar-refractivity contribution in [3.63, 3.8) is 0 Å². The van der Waals surface area contributed by atoms with Gasteiger partial charge in [0, 0.05) is 19.0 Å². The molecule has 1 N–H and O–H groups in total. The van der Waals surface area contributed by atoms with Gasteiger partial charge in [0.15, 0.2) is 0 Å². The quantitative estimate of drug-likeness (QED) is 0.641. The van der Waals surface area contributed by atoms with E-state index in [1.165, 1.54) is 45.3 Å². The smallest absolute Gasteiger partial charge is 0.0622 e. The Morgan fingerprint density at radius 2 is 2.19 bits per heavy atom. The molecule has 1 heterocycles. The number of hydrogen-bond acceptors (Lipinski definition) is 3. The van der Waals surface area contributed by atoms with Gasteiger partial charge in [-0.25, -0.2) is 0 Å². The summed E-state index contributed by atoms with van der Waals surface area (Å²) in [5.41, 5.74) is 0. The van der Waals surface area contributed by atoms with Gasteiger partial charge in [0.1, 0.15) is 0 Å². The van der Waals surface area contributed by atoms with Gasteiger partial charge in [0.25, 0.3) is 0 Å². The lowest BCUT2D eigenvalue weighted by atomic mass is 10.2. The highest BCUT2D eigenvalue weighted by Crippen LogP contribution is 2.08. The zero-order valence-corrected chi connectivity index (χ0v) is 10.5. The Labute approximate surface area is 99.8 Å². The van der Waals surface area contributed by atoms with E-state index in [9.17, 15) is 0 Å². The second kappa shape index (κ2) is 8.55. The summed E-state index contributed by atoms with van der Waals surface area (Å²) in [5, 5.41) is 12.1. The van der Waals surface area contributed by atoms with Gasteiger partial charge in [-0.3, -0.25) is 0 Å². The molecule has 1 unspecified atom stereocenters. The van der Waals surface area contributed by atoms with Crippen LogP contribution in [-0.2, 0) is 0 Å².